The van der Waals surface area contributed by atoms with Crippen LogP contribution < -0.4 is 5.32 Å². The predicted molar refractivity (Wildman–Crippen MR) is 114 cm³/mol. The van der Waals surface area contributed by atoms with E-state index >= 15 is 0 Å². The Balaban J connectivity index is 1.75. The molecule has 8 heteroatoms. The van der Waals surface area contributed by atoms with Crippen molar-refractivity contribution in [2.75, 3.05) is 5.32 Å². The van der Waals surface area contributed by atoms with Gasteiger partial charge in [0.2, 0.25) is 5.82 Å². The number of carbonyl (C=O) groups excluding carboxylic acids is 1. The summed E-state index contributed by atoms with van der Waals surface area (Å²) in [7, 11) is 0. The third-order valence-electron chi connectivity index (χ3n) is 4.07. The zero-order chi connectivity index (χ0) is 20.4. The van der Waals surface area contributed by atoms with Gasteiger partial charge < -0.3 is 5.32 Å². The van der Waals surface area contributed by atoms with Crippen LogP contribution in [-0.2, 0) is 0 Å². The number of carbonyl (C=O) groups is 1. The van der Waals surface area contributed by atoms with E-state index in [-0.39, 0.29) is 5.82 Å². The highest BCUT2D eigenvalue weighted by Crippen LogP contribution is 2.24. The molecular weight excluding hydrogens is 459 g/mol. The fourth-order valence-corrected chi connectivity index (χ4v) is 3.10. The number of nitrogens with one attached hydrogen (secondary N) is 1. The SMILES string of the molecule is O=C(Nc1cccc(F)c1)c1nc(-c2ccc(Br)cc2)n(-c2ccc(Cl)cc2)n1. The first-order chi connectivity index (χ1) is 14.0. The highest BCUT2D eigenvalue weighted by atomic mass is 79.9. The van der Waals surface area contributed by atoms with E-state index in [1.807, 2.05) is 24.3 Å². The number of benzene rings is 3. The summed E-state index contributed by atoms with van der Waals surface area (Å²) in [6, 6.07) is 20.2. The molecule has 0 spiro atoms. The molecule has 5 nitrogen and oxygen atoms in total. The van der Waals surface area contributed by atoms with Crippen LogP contribution in [0.4, 0.5) is 10.1 Å². The molecule has 0 aliphatic rings. The summed E-state index contributed by atoms with van der Waals surface area (Å²) in [5, 5.41) is 7.57. The van der Waals surface area contributed by atoms with Crippen molar-refractivity contribution < 1.29 is 9.18 Å². The number of halogens is 3. The molecule has 0 unspecified atom stereocenters. The largest absolute Gasteiger partial charge is 0.319 e. The maximum Gasteiger partial charge on any atom is 0.295 e. The first kappa shape index (κ1) is 19.3. The van der Waals surface area contributed by atoms with Crippen molar-refractivity contribution in [2.24, 2.45) is 0 Å². The van der Waals surface area contributed by atoms with Gasteiger partial charge in [-0.15, -0.1) is 5.10 Å². The molecule has 1 heterocycles. The van der Waals surface area contributed by atoms with E-state index in [4.69, 9.17) is 11.6 Å². The number of amides is 1. The molecule has 1 amide bonds. The van der Waals surface area contributed by atoms with E-state index < -0.39 is 11.7 Å². The lowest BCUT2D eigenvalue weighted by Gasteiger charge is -2.06. The van der Waals surface area contributed by atoms with Crippen LogP contribution in [0.3, 0.4) is 0 Å². The topological polar surface area (TPSA) is 59.8 Å². The van der Waals surface area contributed by atoms with Crippen LogP contribution in [0.15, 0.2) is 77.3 Å². The zero-order valence-corrected chi connectivity index (χ0v) is 17.2. The van der Waals surface area contributed by atoms with Gasteiger partial charge in [-0.05, 0) is 54.6 Å². The molecule has 4 aromatic rings. The van der Waals surface area contributed by atoms with E-state index in [0.29, 0.717) is 22.2 Å². The summed E-state index contributed by atoms with van der Waals surface area (Å²) in [5.41, 5.74) is 1.80. The monoisotopic (exact) mass is 470 g/mol. The van der Waals surface area contributed by atoms with Gasteiger partial charge in [0.15, 0.2) is 5.82 Å². The van der Waals surface area contributed by atoms with Gasteiger partial charge >= 0.3 is 0 Å². The van der Waals surface area contributed by atoms with Crippen LogP contribution in [-0.4, -0.2) is 20.7 Å². The molecule has 29 heavy (non-hydrogen) atoms. The smallest absolute Gasteiger partial charge is 0.295 e. The van der Waals surface area contributed by atoms with Gasteiger partial charge in [-0.1, -0.05) is 45.7 Å². The maximum absolute atomic E-state index is 13.4. The van der Waals surface area contributed by atoms with Crippen molar-refractivity contribution in [3.63, 3.8) is 0 Å². The average molecular weight is 472 g/mol. The molecule has 144 valence electrons. The molecule has 4 rings (SSSR count). The molecule has 1 aromatic heterocycles. The Morgan fingerprint density at radius 1 is 1.03 bits per heavy atom. The summed E-state index contributed by atoms with van der Waals surface area (Å²) in [4.78, 5) is 17.1. The van der Waals surface area contributed by atoms with Gasteiger partial charge in [-0.3, -0.25) is 4.79 Å². The van der Waals surface area contributed by atoms with Crippen LogP contribution in [0.1, 0.15) is 10.6 Å². The van der Waals surface area contributed by atoms with Gasteiger partial charge in [-0.2, -0.15) is 0 Å². The summed E-state index contributed by atoms with van der Waals surface area (Å²) < 4.78 is 15.9. The molecule has 0 bridgehead atoms. The van der Waals surface area contributed by atoms with Gasteiger partial charge in [0.1, 0.15) is 5.82 Å². The summed E-state index contributed by atoms with van der Waals surface area (Å²) >= 11 is 9.40. The van der Waals surface area contributed by atoms with Crippen molar-refractivity contribution in [1.82, 2.24) is 14.8 Å². The third kappa shape index (κ3) is 4.36. The predicted octanol–water partition coefficient (Wildman–Crippen LogP) is 5.74. The molecular formula is C21H13BrClFN4O. The number of hydrogen-bond acceptors (Lipinski definition) is 3. The Kier molecular flexibility index (Phi) is 5.42. The summed E-state index contributed by atoms with van der Waals surface area (Å²) in [5.74, 6) is -0.536. The Labute approximate surface area is 179 Å². The minimum atomic E-state index is -0.540. The average Bonchev–Trinajstić information content (AvgIpc) is 3.15. The molecule has 0 saturated heterocycles. The van der Waals surface area contributed by atoms with Crippen molar-refractivity contribution in [3.8, 4) is 17.1 Å². The molecule has 0 aliphatic carbocycles. The standard InChI is InChI=1S/C21H13BrClFN4O/c22-14-6-4-13(5-7-14)20-26-19(21(29)25-17-3-1-2-16(24)12-17)27-28(20)18-10-8-15(23)9-11-18/h1-12H,(H,25,29). The highest BCUT2D eigenvalue weighted by molar-refractivity contribution is 9.10. The Morgan fingerprint density at radius 2 is 1.76 bits per heavy atom. The van der Waals surface area contributed by atoms with E-state index in [2.05, 4.69) is 31.3 Å². The maximum atomic E-state index is 13.4. The van der Waals surface area contributed by atoms with Crippen molar-refractivity contribution in [2.45, 2.75) is 0 Å². The number of nitrogens with zero attached hydrogens (tertiary/aromatic N) is 3. The highest BCUT2D eigenvalue weighted by Gasteiger charge is 2.19. The first-order valence-electron chi connectivity index (χ1n) is 8.55. The Bertz CT molecular complexity index is 1110. The number of anilines is 1. The lowest BCUT2D eigenvalue weighted by atomic mass is 10.2. The van der Waals surface area contributed by atoms with E-state index in [0.717, 1.165) is 10.0 Å². The second-order valence-corrected chi connectivity index (χ2v) is 7.47. The van der Waals surface area contributed by atoms with Gasteiger partial charge in [0.25, 0.3) is 5.91 Å². The summed E-state index contributed by atoms with van der Waals surface area (Å²) in [6.45, 7) is 0. The van der Waals surface area contributed by atoms with Crippen molar-refractivity contribution in [3.05, 3.63) is 93.9 Å². The van der Waals surface area contributed by atoms with E-state index in [1.165, 1.54) is 18.2 Å². The van der Waals surface area contributed by atoms with Crippen LogP contribution in [0.2, 0.25) is 5.02 Å². The van der Waals surface area contributed by atoms with E-state index in [1.54, 1.807) is 35.0 Å². The lowest BCUT2D eigenvalue weighted by Crippen LogP contribution is -2.14. The van der Waals surface area contributed by atoms with Crippen LogP contribution in [0.25, 0.3) is 17.1 Å². The second-order valence-electron chi connectivity index (χ2n) is 6.12. The molecule has 3 aromatic carbocycles. The van der Waals surface area contributed by atoms with Crippen LogP contribution >= 0.6 is 27.5 Å². The number of hydrogen-bond donors (Lipinski definition) is 1. The fraction of sp³-hybridized carbons (Fsp3) is 0. The van der Waals surface area contributed by atoms with Gasteiger partial charge in [0.05, 0.1) is 5.69 Å². The Hall–Kier alpha value is -3.03. The van der Waals surface area contributed by atoms with Crippen LogP contribution in [0, 0.1) is 5.82 Å². The molecule has 0 aliphatic heterocycles. The lowest BCUT2D eigenvalue weighted by molar-refractivity contribution is 0.101. The molecule has 0 saturated carbocycles. The molecule has 0 radical (unpaired) electrons. The van der Waals surface area contributed by atoms with Gasteiger partial charge in [-0.25, -0.2) is 14.1 Å². The molecule has 0 fully saturated rings. The quantitative estimate of drug-likeness (QED) is 0.413. The zero-order valence-electron chi connectivity index (χ0n) is 14.8. The first-order valence-corrected chi connectivity index (χ1v) is 9.72. The minimum absolute atomic E-state index is 0.0397. The Morgan fingerprint density at radius 3 is 2.45 bits per heavy atom. The minimum Gasteiger partial charge on any atom is -0.319 e. The van der Waals surface area contributed by atoms with E-state index in [9.17, 15) is 9.18 Å². The molecule has 0 atom stereocenters. The fourth-order valence-electron chi connectivity index (χ4n) is 2.71. The van der Waals surface area contributed by atoms with Crippen molar-refractivity contribution >= 4 is 39.1 Å². The number of aromatic nitrogens is 3. The van der Waals surface area contributed by atoms with Crippen LogP contribution in [0.5, 0.6) is 0 Å². The molecule has 1 N–H and O–H groups in total. The van der Waals surface area contributed by atoms with Gasteiger partial charge in [0, 0.05) is 20.7 Å². The summed E-state index contributed by atoms with van der Waals surface area (Å²) in [6.07, 6.45) is 0. The number of rotatable bonds is 4. The third-order valence-corrected chi connectivity index (χ3v) is 4.85. The van der Waals surface area contributed by atoms with Crippen molar-refractivity contribution in [1.29, 1.82) is 0 Å². The normalized spacial score (nSPS) is 10.7. The second kappa shape index (κ2) is 8.14.